The number of halogens is 11. The lowest BCUT2D eigenvalue weighted by molar-refractivity contribution is -0.472. The number of aromatic nitrogens is 1. The molecule has 4 nitrogen and oxygen atoms in total. The smallest absolute Gasteiger partial charge is 0.321 e. The number of hydrogen-bond acceptors (Lipinski definition) is 3. The number of alkyl halides is 11. The van der Waals surface area contributed by atoms with E-state index in [4.69, 9.17) is 0 Å². The molecule has 0 aliphatic carbocycles. The highest BCUT2D eigenvalue weighted by atomic mass is 19.4. The fourth-order valence-electron chi connectivity index (χ4n) is 2.00. The van der Waals surface area contributed by atoms with Gasteiger partial charge in [-0.2, -0.15) is 48.3 Å². The molecule has 0 aliphatic heterocycles. The largest absolute Gasteiger partial charge is 0.462 e. The van der Waals surface area contributed by atoms with Gasteiger partial charge < -0.3 is 5.32 Å². The summed E-state index contributed by atoms with van der Waals surface area (Å²) in [7, 11) is 0. The third kappa shape index (κ3) is 4.11. The zero-order valence-electron chi connectivity index (χ0n) is 13.9. The molecule has 0 bridgehead atoms. The number of ether oxygens (including phenoxy) is 1. The highest BCUT2D eigenvalue weighted by Crippen LogP contribution is 2.51. The van der Waals surface area contributed by atoms with Crippen LogP contribution in [0.1, 0.15) is 0 Å². The van der Waals surface area contributed by atoms with Crippen molar-refractivity contribution in [3.05, 3.63) is 36.5 Å². The average Bonchev–Trinajstić information content (AvgIpc) is 2.59. The number of carbonyl (C=O) groups excluding carboxylic acids is 1. The minimum absolute atomic E-state index is 0.168. The molecule has 1 N–H and O–H groups in total. The van der Waals surface area contributed by atoms with Crippen LogP contribution in [0.25, 0.3) is 10.9 Å². The summed E-state index contributed by atoms with van der Waals surface area (Å²) in [6.07, 6.45) is -19.7. The maximum atomic E-state index is 14.2. The van der Waals surface area contributed by atoms with Crippen LogP contribution >= 0.6 is 0 Å². The molecule has 1 aromatic carbocycles. The molecule has 30 heavy (non-hydrogen) atoms. The maximum absolute atomic E-state index is 14.2. The third-order valence-electron chi connectivity index (χ3n) is 3.51. The molecule has 2 aromatic rings. The van der Waals surface area contributed by atoms with E-state index in [1.54, 1.807) is 0 Å². The van der Waals surface area contributed by atoms with Gasteiger partial charge in [0.1, 0.15) is 0 Å². The van der Waals surface area contributed by atoms with Gasteiger partial charge in [0.15, 0.2) is 0 Å². The van der Waals surface area contributed by atoms with Gasteiger partial charge in [0.25, 0.3) is 5.91 Å². The second-order valence-electron chi connectivity index (χ2n) is 5.65. The molecule has 15 heteroatoms. The van der Waals surface area contributed by atoms with Crippen molar-refractivity contribution < 1.29 is 57.8 Å². The lowest BCUT2D eigenvalue weighted by Crippen LogP contribution is -2.62. The summed E-state index contributed by atoms with van der Waals surface area (Å²) in [6, 6.07) is 5.53. The summed E-state index contributed by atoms with van der Waals surface area (Å²) >= 11 is 0. The SMILES string of the molecule is O=C(Nc1ccc2ncccc2c1)[C@@](F)(OC(F)(F)C(F)(F)C(F)(F)F)C(F)(F)F. The number of hydrogen-bond donors (Lipinski definition) is 1. The van der Waals surface area contributed by atoms with E-state index >= 15 is 0 Å². The first-order valence-corrected chi connectivity index (χ1v) is 7.37. The van der Waals surface area contributed by atoms with Crippen molar-refractivity contribution in [3.8, 4) is 0 Å². The lowest BCUT2D eigenvalue weighted by atomic mass is 10.2. The second kappa shape index (κ2) is 7.21. The number of amides is 1. The molecule has 1 heterocycles. The minimum Gasteiger partial charge on any atom is -0.321 e. The number of nitrogens with one attached hydrogen (secondary N) is 1. The number of pyridine rings is 1. The molecular formula is C15H7F11N2O2. The fraction of sp³-hybridized carbons (Fsp3) is 0.333. The molecule has 0 radical (unpaired) electrons. The van der Waals surface area contributed by atoms with Gasteiger partial charge in [0, 0.05) is 17.3 Å². The number of rotatable bonds is 5. The van der Waals surface area contributed by atoms with E-state index in [0.29, 0.717) is 0 Å². The molecule has 1 aromatic heterocycles. The van der Waals surface area contributed by atoms with E-state index in [0.717, 1.165) is 23.5 Å². The first-order chi connectivity index (χ1) is 13.4. The molecule has 1 amide bonds. The lowest BCUT2D eigenvalue weighted by Gasteiger charge is -2.34. The third-order valence-corrected chi connectivity index (χ3v) is 3.51. The number of anilines is 1. The monoisotopic (exact) mass is 456 g/mol. The van der Waals surface area contributed by atoms with Crippen LogP contribution in [-0.2, 0) is 9.53 Å². The summed E-state index contributed by atoms with van der Waals surface area (Å²) in [5.41, 5.74) is -0.410. The van der Waals surface area contributed by atoms with Crippen LogP contribution in [0, 0.1) is 0 Å². The Morgan fingerprint density at radius 2 is 1.47 bits per heavy atom. The molecule has 0 saturated carbocycles. The molecule has 0 spiro atoms. The summed E-state index contributed by atoms with van der Waals surface area (Å²) in [6.45, 7) is 0. The first kappa shape index (κ1) is 23.6. The summed E-state index contributed by atoms with van der Waals surface area (Å²) in [5, 5.41) is 1.32. The van der Waals surface area contributed by atoms with Crippen molar-refractivity contribution in [2.24, 2.45) is 0 Å². The van der Waals surface area contributed by atoms with Gasteiger partial charge in [-0.3, -0.25) is 14.5 Å². The van der Waals surface area contributed by atoms with E-state index in [1.165, 1.54) is 18.3 Å². The van der Waals surface area contributed by atoms with E-state index < -0.39 is 41.8 Å². The molecule has 0 unspecified atom stereocenters. The quantitative estimate of drug-likeness (QED) is 0.629. The van der Waals surface area contributed by atoms with Crippen molar-refractivity contribution in [3.63, 3.8) is 0 Å². The maximum Gasteiger partial charge on any atom is 0.462 e. The Hall–Kier alpha value is -2.71. The van der Waals surface area contributed by atoms with Crippen LogP contribution in [0.5, 0.6) is 0 Å². The normalized spacial score (nSPS) is 15.7. The number of carbonyl (C=O) groups is 1. The Balaban J connectivity index is 2.41. The van der Waals surface area contributed by atoms with Crippen LogP contribution in [0.4, 0.5) is 54.0 Å². The van der Waals surface area contributed by atoms with Crippen LogP contribution in [0.2, 0.25) is 0 Å². The molecule has 0 fully saturated rings. The van der Waals surface area contributed by atoms with Crippen molar-refractivity contribution >= 4 is 22.5 Å². The summed E-state index contributed by atoms with van der Waals surface area (Å²) in [4.78, 5) is 15.5. The zero-order valence-corrected chi connectivity index (χ0v) is 13.9. The number of nitrogens with zero attached hydrogens (tertiary/aromatic N) is 1. The van der Waals surface area contributed by atoms with Crippen molar-refractivity contribution in [2.45, 2.75) is 30.2 Å². The Morgan fingerprint density at radius 1 is 0.867 bits per heavy atom. The molecule has 0 saturated heterocycles. The molecule has 166 valence electrons. The van der Waals surface area contributed by atoms with Gasteiger partial charge in [-0.1, -0.05) is 6.07 Å². The fourth-order valence-corrected chi connectivity index (χ4v) is 2.00. The highest BCUT2D eigenvalue weighted by Gasteiger charge is 2.79. The molecular weight excluding hydrogens is 449 g/mol. The van der Waals surface area contributed by atoms with Gasteiger partial charge in [0.05, 0.1) is 5.52 Å². The van der Waals surface area contributed by atoms with Crippen LogP contribution in [0.3, 0.4) is 0 Å². The Labute approximate surface area is 158 Å². The van der Waals surface area contributed by atoms with E-state index in [1.807, 2.05) is 0 Å². The molecule has 1 atom stereocenters. The molecule has 0 aliphatic rings. The topological polar surface area (TPSA) is 51.2 Å². The number of fused-ring (bicyclic) bond motifs is 1. The standard InChI is InChI=1S/C15H7F11N2O2/c16-11(13(19,20)21,30-15(25,26)12(17,18)14(22,23)24)10(29)28-8-3-4-9-7(6-8)2-1-5-27-9/h1-6H,(H,28,29)/t11-/m1/s1. The Kier molecular flexibility index (Phi) is 5.66. The minimum atomic E-state index is -7.25. The Morgan fingerprint density at radius 3 is 2.00 bits per heavy atom. The average molecular weight is 456 g/mol. The van der Waals surface area contributed by atoms with E-state index in [-0.39, 0.29) is 10.9 Å². The van der Waals surface area contributed by atoms with Crippen LogP contribution < -0.4 is 5.32 Å². The Bertz CT molecular complexity index is 942. The predicted octanol–water partition coefficient (Wildman–Crippen LogP) is 5.21. The van der Waals surface area contributed by atoms with Crippen LogP contribution in [-0.4, -0.2) is 41.1 Å². The zero-order chi connectivity index (χ0) is 23.2. The molecule has 2 rings (SSSR count). The van der Waals surface area contributed by atoms with E-state index in [9.17, 15) is 53.1 Å². The van der Waals surface area contributed by atoms with Gasteiger partial charge in [-0.05, 0) is 24.3 Å². The van der Waals surface area contributed by atoms with Gasteiger partial charge in [-0.15, -0.1) is 0 Å². The summed E-state index contributed by atoms with van der Waals surface area (Å²) < 4.78 is 143. The van der Waals surface area contributed by atoms with Crippen LogP contribution in [0.15, 0.2) is 36.5 Å². The van der Waals surface area contributed by atoms with Gasteiger partial charge >= 0.3 is 30.2 Å². The van der Waals surface area contributed by atoms with Gasteiger partial charge in [-0.25, -0.2) is 0 Å². The number of benzene rings is 1. The highest BCUT2D eigenvalue weighted by molar-refractivity contribution is 5.98. The first-order valence-electron chi connectivity index (χ1n) is 7.37. The van der Waals surface area contributed by atoms with E-state index in [2.05, 4.69) is 9.72 Å². The second-order valence-corrected chi connectivity index (χ2v) is 5.65. The van der Waals surface area contributed by atoms with Crippen molar-refractivity contribution in [1.29, 1.82) is 0 Å². The van der Waals surface area contributed by atoms with Crippen molar-refractivity contribution in [1.82, 2.24) is 4.98 Å². The predicted molar refractivity (Wildman–Crippen MR) is 77.3 cm³/mol. The van der Waals surface area contributed by atoms with Gasteiger partial charge in [0.2, 0.25) is 0 Å². The van der Waals surface area contributed by atoms with Crippen molar-refractivity contribution in [2.75, 3.05) is 5.32 Å². The summed E-state index contributed by atoms with van der Waals surface area (Å²) in [5.74, 6) is -16.6.